The molecule has 0 unspecified atom stereocenters. The van der Waals surface area contributed by atoms with E-state index in [-0.39, 0.29) is 5.91 Å². The summed E-state index contributed by atoms with van der Waals surface area (Å²) in [4.78, 5) is 11.9. The molecule has 17 heavy (non-hydrogen) atoms. The monoisotopic (exact) mass is 329 g/mol. The summed E-state index contributed by atoms with van der Waals surface area (Å²) >= 11 is 10.8. The van der Waals surface area contributed by atoms with Crippen molar-refractivity contribution in [1.29, 1.82) is 0 Å². The third-order valence-corrected chi connectivity index (χ3v) is 3.83. The molecule has 1 aromatic heterocycles. The number of amides is 1. The average molecular weight is 331 g/mol. The van der Waals surface area contributed by atoms with E-state index in [0.717, 1.165) is 5.56 Å². The van der Waals surface area contributed by atoms with E-state index in [1.807, 2.05) is 16.8 Å². The standard InChI is InChI=1S/C12H9BrClNOS/c13-11-5-9(14)1-2-10(11)12(16)15-6-8-3-4-17-7-8/h1-5,7H,6H2,(H,15,16). The van der Waals surface area contributed by atoms with Crippen LogP contribution >= 0.6 is 38.9 Å². The van der Waals surface area contributed by atoms with E-state index in [0.29, 0.717) is 21.6 Å². The van der Waals surface area contributed by atoms with Crippen molar-refractivity contribution in [2.45, 2.75) is 6.54 Å². The fraction of sp³-hybridized carbons (Fsp3) is 0.0833. The Morgan fingerprint density at radius 3 is 2.88 bits per heavy atom. The van der Waals surface area contributed by atoms with Crippen molar-refractivity contribution in [1.82, 2.24) is 5.32 Å². The topological polar surface area (TPSA) is 29.1 Å². The molecule has 0 aliphatic heterocycles. The van der Waals surface area contributed by atoms with Crippen LogP contribution in [0.15, 0.2) is 39.5 Å². The Morgan fingerprint density at radius 2 is 2.24 bits per heavy atom. The second kappa shape index (κ2) is 5.67. The molecule has 1 amide bonds. The van der Waals surface area contributed by atoms with Gasteiger partial charge < -0.3 is 5.32 Å². The van der Waals surface area contributed by atoms with Gasteiger partial charge in [-0.3, -0.25) is 4.79 Å². The smallest absolute Gasteiger partial charge is 0.252 e. The molecule has 88 valence electrons. The Morgan fingerprint density at radius 1 is 1.41 bits per heavy atom. The molecule has 0 atom stereocenters. The zero-order valence-corrected chi connectivity index (χ0v) is 11.9. The Bertz CT molecular complexity index is 527. The van der Waals surface area contributed by atoms with Gasteiger partial charge in [0.05, 0.1) is 5.56 Å². The quantitative estimate of drug-likeness (QED) is 0.902. The third kappa shape index (κ3) is 3.31. The summed E-state index contributed by atoms with van der Waals surface area (Å²) < 4.78 is 0.702. The predicted octanol–water partition coefficient (Wildman–Crippen LogP) is 4.09. The van der Waals surface area contributed by atoms with E-state index in [9.17, 15) is 4.79 Å². The van der Waals surface area contributed by atoms with Gasteiger partial charge in [0, 0.05) is 16.0 Å². The minimum atomic E-state index is -0.111. The van der Waals surface area contributed by atoms with Crippen molar-refractivity contribution < 1.29 is 4.79 Å². The van der Waals surface area contributed by atoms with Crippen LogP contribution in [0.5, 0.6) is 0 Å². The molecule has 0 bridgehead atoms. The molecule has 0 aliphatic carbocycles. The van der Waals surface area contributed by atoms with E-state index >= 15 is 0 Å². The second-order valence-corrected chi connectivity index (χ2v) is 5.51. The van der Waals surface area contributed by atoms with Crippen LogP contribution < -0.4 is 5.32 Å². The van der Waals surface area contributed by atoms with E-state index in [4.69, 9.17) is 11.6 Å². The van der Waals surface area contributed by atoms with Crippen LogP contribution in [0.25, 0.3) is 0 Å². The van der Waals surface area contributed by atoms with E-state index < -0.39 is 0 Å². The third-order valence-electron chi connectivity index (χ3n) is 2.21. The van der Waals surface area contributed by atoms with E-state index in [1.165, 1.54) is 0 Å². The number of hydrogen-bond donors (Lipinski definition) is 1. The maximum atomic E-state index is 11.9. The van der Waals surface area contributed by atoms with Crippen molar-refractivity contribution in [2.75, 3.05) is 0 Å². The van der Waals surface area contributed by atoms with Gasteiger partial charge in [-0.1, -0.05) is 11.6 Å². The van der Waals surface area contributed by atoms with Gasteiger partial charge in [0.25, 0.3) is 5.91 Å². The first-order valence-corrected chi connectivity index (χ1v) is 7.02. The highest BCUT2D eigenvalue weighted by Gasteiger charge is 2.09. The van der Waals surface area contributed by atoms with Crippen molar-refractivity contribution >= 4 is 44.8 Å². The molecule has 1 heterocycles. The van der Waals surface area contributed by atoms with Crippen molar-refractivity contribution in [2.24, 2.45) is 0 Å². The highest BCUT2D eigenvalue weighted by atomic mass is 79.9. The molecule has 2 rings (SSSR count). The lowest BCUT2D eigenvalue weighted by Crippen LogP contribution is -2.22. The van der Waals surface area contributed by atoms with Crippen molar-refractivity contribution in [3.05, 3.63) is 55.6 Å². The molecule has 0 radical (unpaired) electrons. The van der Waals surface area contributed by atoms with Gasteiger partial charge in [-0.05, 0) is 56.5 Å². The molecule has 0 aliphatic rings. The minimum absolute atomic E-state index is 0.111. The molecular weight excluding hydrogens is 322 g/mol. The largest absolute Gasteiger partial charge is 0.348 e. The van der Waals surface area contributed by atoms with Gasteiger partial charge in [0.1, 0.15) is 0 Å². The molecule has 0 fully saturated rings. The number of thiophene rings is 1. The van der Waals surface area contributed by atoms with Crippen LogP contribution in [0.2, 0.25) is 5.02 Å². The molecule has 0 spiro atoms. The highest BCUT2D eigenvalue weighted by molar-refractivity contribution is 9.10. The average Bonchev–Trinajstić information content (AvgIpc) is 2.78. The molecular formula is C12H9BrClNOS. The van der Waals surface area contributed by atoms with Gasteiger partial charge in [0.2, 0.25) is 0 Å². The maximum absolute atomic E-state index is 11.9. The first kappa shape index (κ1) is 12.6. The maximum Gasteiger partial charge on any atom is 0.252 e. The van der Waals surface area contributed by atoms with Crippen LogP contribution in [0.3, 0.4) is 0 Å². The number of nitrogens with one attached hydrogen (secondary N) is 1. The zero-order valence-electron chi connectivity index (χ0n) is 8.74. The lowest BCUT2D eigenvalue weighted by Gasteiger charge is -2.06. The number of benzene rings is 1. The summed E-state index contributed by atoms with van der Waals surface area (Å²) in [5, 5.41) is 7.46. The lowest BCUT2D eigenvalue weighted by molar-refractivity contribution is 0.0950. The summed E-state index contributed by atoms with van der Waals surface area (Å²) in [6.07, 6.45) is 0. The van der Waals surface area contributed by atoms with Crippen molar-refractivity contribution in [3.63, 3.8) is 0 Å². The summed E-state index contributed by atoms with van der Waals surface area (Å²) in [5.74, 6) is -0.111. The van der Waals surface area contributed by atoms with Crippen LogP contribution in [0, 0.1) is 0 Å². The highest BCUT2D eigenvalue weighted by Crippen LogP contribution is 2.21. The molecule has 2 nitrogen and oxygen atoms in total. The number of carbonyl (C=O) groups is 1. The van der Waals surface area contributed by atoms with Gasteiger partial charge >= 0.3 is 0 Å². The van der Waals surface area contributed by atoms with Gasteiger partial charge in [-0.25, -0.2) is 0 Å². The summed E-state index contributed by atoms with van der Waals surface area (Å²) in [6, 6.07) is 7.10. The first-order chi connectivity index (χ1) is 8.16. The van der Waals surface area contributed by atoms with Crippen LogP contribution in [-0.2, 0) is 6.54 Å². The molecule has 0 saturated carbocycles. The van der Waals surface area contributed by atoms with E-state index in [1.54, 1.807) is 29.5 Å². The SMILES string of the molecule is O=C(NCc1ccsc1)c1ccc(Cl)cc1Br. The minimum Gasteiger partial charge on any atom is -0.348 e. The molecule has 1 aromatic carbocycles. The Hall–Kier alpha value is -0.840. The molecule has 0 saturated heterocycles. The Balaban J connectivity index is 2.04. The Labute approximate surface area is 117 Å². The summed E-state index contributed by atoms with van der Waals surface area (Å²) in [7, 11) is 0. The molecule has 1 N–H and O–H groups in total. The van der Waals surface area contributed by atoms with Crippen LogP contribution in [-0.4, -0.2) is 5.91 Å². The molecule has 5 heteroatoms. The first-order valence-electron chi connectivity index (χ1n) is 4.91. The lowest BCUT2D eigenvalue weighted by atomic mass is 10.2. The Kier molecular flexibility index (Phi) is 4.20. The normalized spacial score (nSPS) is 10.2. The van der Waals surface area contributed by atoms with Gasteiger partial charge in [-0.15, -0.1) is 0 Å². The summed E-state index contributed by atoms with van der Waals surface area (Å²) in [5.41, 5.74) is 1.69. The molecule has 2 aromatic rings. The van der Waals surface area contributed by atoms with Gasteiger partial charge in [-0.2, -0.15) is 11.3 Å². The fourth-order valence-corrected chi connectivity index (χ4v) is 2.88. The number of hydrogen-bond acceptors (Lipinski definition) is 2. The number of carbonyl (C=O) groups excluding carboxylic acids is 1. The van der Waals surface area contributed by atoms with Crippen LogP contribution in [0.4, 0.5) is 0 Å². The number of halogens is 2. The second-order valence-electron chi connectivity index (χ2n) is 3.44. The number of rotatable bonds is 3. The van der Waals surface area contributed by atoms with Crippen molar-refractivity contribution in [3.8, 4) is 0 Å². The van der Waals surface area contributed by atoms with E-state index in [2.05, 4.69) is 21.2 Å². The zero-order chi connectivity index (χ0) is 12.3. The fourth-order valence-electron chi connectivity index (χ4n) is 1.34. The predicted molar refractivity (Wildman–Crippen MR) is 74.6 cm³/mol. The van der Waals surface area contributed by atoms with Crippen LogP contribution in [0.1, 0.15) is 15.9 Å². The van der Waals surface area contributed by atoms with Gasteiger partial charge in [0.15, 0.2) is 0 Å². The summed E-state index contributed by atoms with van der Waals surface area (Å²) in [6.45, 7) is 0.539.